The fourth-order valence-electron chi connectivity index (χ4n) is 3.76. The van der Waals surface area contributed by atoms with Crippen molar-refractivity contribution in [2.45, 2.75) is 13.8 Å². The van der Waals surface area contributed by atoms with Gasteiger partial charge in [-0.05, 0) is 49.2 Å². The number of halogens is 1. The Kier molecular flexibility index (Phi) is 5.09. The summed E-state index contributed by atoms with van der Waals surface area (Å²) >= 11 is 0. The molecule has 0 unspecified atom stereocenters. The molecule has 0 aliphatic carbocycles. The smallest absolute Gasteiger partial charge is 0.274 e. The molecule has 1 aromatic heterocycles. The first-order valence-corrected chi connectivity index (χ1v) is 9.84. The number of hydrogen-bond acceptors (Lipinski definition) is 3. The second-order valence-electron chi connectivity index (χ2n) is 7.57. The van der Waals surface area contributed by atoms with Gasteiger partial charge in [-0.1, -0.05) is 24.3 Å². The second kappa shape index (κ2) is 7.70. The first-order valence-electron chi connectivity index (χ1n) is 9.84. The molecule has 1 aliphatic rings. The average molecular weight is 392 g/mol. The molecular weight excluding hydrogens is 367 g/mol. The standard InChI is InChI=1S/C23H25FN4O/c1-16-8-9-18(14-17(16)2)22-15-20(25-26(22)3)23(29)28-12-10-27(11-13-28)21-7-5-4-6-19(21)24/h4-9,14-15H,10-13H2,1-3H3. The molecule has 2 aromatic carbocycles. The van der Waals surface area contributed by atoms with Crippen LogP contribution in [-0.2, 0) is 7.05 Å². The van der Waals surface area contributed by atoms with Gasteiger partial charge < -0.3 is 9.80 Å². The van der Waals surface area contributed by atoms with Crippen LogP contribution in [-0.4, -0.2) is 46.8 Å². The molecule has 1 aliphatic heterocycles. The van der Waals surface area contributed by atoms with E-state index in [-0.39, 0.29) is 11.7 Å². The van der Waals surface area contributed by atoms with Crippen LogP contribution in [0, 0.1) is 19.7 Å². The molecule has 6 heteroatoms. The highest BCUT2D eigenvalue weighted by Gasteiger charge is 2.25. The van der Waals surface area contributed by atoms with Gasteiger partial charge in [0.15, 0.2) is 5.69 Å². The number of carbonyl (C=O) groups excluding carboxylic acids is 1. The molecule has 0 bridgehead atoms. The van der Waals surface area contributed by atoms with E-state index >= 15 is 0 Å². The Morgan fingerprint density at radius 3 is 2.38 bits per heavy atom. The number of amides is 1. The van der Waals surface area contributed by atoms with Gasteiger partial charge in [0.05, 0.1) is 11.4 Å². The van der Waals surface area contributed by atoms with Gasteiger partial charge in [-0.15, -0.1) is 0 Å². The lowest BCUT2D eigenvalue weighted by Gasteiger charge is -2.35. The summed E-state index contributed by atoms with van der Waals surface area (Å²) in [6.45, 7) is 6.45. The van der Waals surface area contributed by atoms with Crippen LogP contribution in [0.25, 0.3) is 11.3 Å². The lowest BCUT2D eigenvalue weighted by atomic mass is 10.0. The van der Waals surface area contributed by atoms with E-state index in [0.717, 1.165) is 11.3 Å². The first-order chi connectivity index (χ1) is 13.9. The Balaban J connectivity index is 1.48. The maximum absolute atomic E-state index is 14.0. The molecule has 0 atom stereocenters. The summed E-state index contributed by atoms with van der Waals surface area (Å²) in [5.74, 6) is -0.307. The van der Waals surface area contributed by atoms with E-state index in [1.807, 2.05) is 24.1 Å². The summed E-state index contributed by atoms with van der Waals surface area (Å²) in [6.07, 6.45) is 0. The van der Waals surface area contributed by atoms with Gasteiger partial charge in [0, 0.05) is 38.8 Å². The third kappa shape index (κ3) is 3.75. The van der Waals surface area contributed by atoms with Crippen LogP contribution in [0.2, 0.25) is 0 Å². The number of aryl methyl sites for hydroxylation is 3. The molecule has 29 heavy (non-hydrogen) atoms. The highest BCUT2D eigenvalue weighted by molar-refractivity contribution is 5.93. The van der Waals surface area contributed by atoms with Crippen LogP contribution in [0.15, 0.2) is 48.5 Å². The van der Waals surface area contributed by atoms with Crippen LogP contribution in [0.1, 0.15) is 21.6 Å². The number of piperazine rings is 1. The van der Waals surface area contributed by atoms with Crippen molar-refractivity contribution in [1.29, 1.82) is 0 Å². The Morgan fingerprint density at radius 1 is 0.966 bits per heavy atom. The average Bonchev–Trinajstić information content (AvgIpc) is 3.12. The fourth-order valence-corrected chi connectivity index (χ4v) is 3.76. The maximum Gasteiger partial charge on any atom is 0.274 e. The van der Waals surface area contributed by atoms with E-state index in [9.17, 15) is 9.18 Å². The van der Waals surface area contributed by atoms with Crippen molar-refractivity contribution in [3.63, 3.8) is 0 Å². The third-order valence-corrected chi connectivity index (χ3v) is 5.66. The summed E-state index contributed by atoms with van der Waals surface area (Å²) in [5.41, 5.74) is 5.45. The molecule has 0 spiro atoms. The Morgan fingerprint density at radius 2 is 1.69 bits per heavy atom. The summed E-state index contributed by atoms with van der Waals surface area (Å²) in [5, 5.41) is 4.46. The van der Waals surface area contributed by atoms with Gasteiger partial charge in [0.25, 0.3) is 5.91 Å². The quantitative estimate of drug-likeness (QED) is 0.681. The highest BCUT2D eigenvalue weighted by atomic mass is 19.1. The SMILES string of the molecule is Cc1ccc(-c2cc(C(=O)N3CCN(c4ccccc4F)CC3)nn2C)cc1C. The van der Waals surface area contributed by atoms with Gasteiger partial charge >= 0.3 is 0 Å². The van der Waals surface area contributed by atoms with Crippen molar-refractivity contribution in [1.82, 2.24) is 14.7 Å². The summed E-state index contributed by atoms with van der Waals surface area (Å²) in [4.78, 5) is 16.8. The zero-order valence-corrected chi connectivity index (χ0v) is 17.0. The van der Waals surface area contributed by atoms with Crippen LogP contribution in [0.3, 0.4) is 0 Å². The number of benzene rings is 2. The molecule has 1 fully saturated rings. The molecule has 150 valence electrons. The molecule has 1 amide bonds. The van der Waals surface area contributed by atoms with Crippen molar-refractivity contribution in [3.05, 3.63) is 71.2 Å². The highest BCUT2D eigenvalue weighted by Crippen LogP contribution is 2.24. The predicted molar refractivity (Wildman–Crippen MR) is 113 cm³/mol. The van der Waals surface area contributed by atoms with E-state index in [1.54, 1.807) is 21.7 Å². The molecule has 0 N–H and O–H groups in total. The lowest BCUT2D eigenvalue weighted by molar-refractivity contribution is 0.0740. The van der Waals surface area contributed by atoms with Crippen LogP contribution in [0.5, 0.6) is 0 Å². The largest absolute Gasteiger partial charge is 0.366 e. The van der Waals surface area contributed by atoms with E-state index in [4.69, 9.17) is 0 Å². The molecular formula is C23H25FN4O. The normalized spacial score (nSPS) is 14.3. The van der Waals surface area contributed by atoms with E-state index in [2.05, 4.69) is 37.1 Å². The minimum Gasteiger partial charge on any atom is -0.366 e. The molecule has 4 rings (SSSR count). The minimum absolute atomic E-state index is 0.0798. The number of rotatable bonds is 3. The summed E-state index contributed by atoms with van der Waals surface area (Å²) in [7, 11) is 1.86. The number of hydrogen-bond donors (Lipinski definition) is 0. The molecule has 1 saturated heterocycles. The van der Waals surface area contributed by atoms with Gasteiger partial charge in [0.1, 0.15) is 5.82 Å². The second-order valence-corrected chi connectivity index (χ2v) is 7.57. The van der Waals surface area contributed by atoms with Crippen molar-refractivity contribution in [2.75, 3.05) is 31.1 Å². The number of anilines is 1. The number of carbonyl (C=O) groups is 1. The summed E-state index contributed by atoms with van der Waals surface area (Å²) < 4.78 is 15.8. The van der Waals surface area contributed by atoms with Crippen molar-refractivity contribution >= 4 is 11.6 Å². The molecule has 0 radical (unpaired) electrons. The Hall–Kier alpha value is -3.15. The third-order valence-electron chi connectivity index (χ3n) is 5.66. The van der Waals surface area contributed by atoms with E-state index < -0.39 is 0 Å². The number of aromatic nitrogens is 2. The van der Waals surface area contributed by atoms with Gasteiger partial charge in [-0.3, -0.25) is 9.48 Å². The zero-order valence-electron chi connectivity index (χ0n) is 17.0. The Bertz CT molecular complexity index is 1050. The topological polar surface area (TPSA) is 41.4 Å². The Labute approximate surface area is 170 Å². The van der Waals surface area contributed by atoms with Crippen molar-refractivity contribution in [3.8, 4) is 11.3 Å². The maximum atomic E-state index is 14.0. The van der Waals surface area contributed by atoms with Gasteiger partial charge in [-0.25, -0.2) is 4.39 Å². The number of nitrogens with zero attached hydrogens (tertiary/aromatic N) is 4. The molecule has 5 nitrogen and oxygen atoms in total. The van der Waals surface area contributed by atoms with E-state index in [1.165, 1.54) is 17.2 Å². The van der Waals surface area contributed by atoms with Gasteiger partial charge in [0.2, 0.25) is 0 Å². The van der Waals surface area contributed by atoms with Crippen molar-refractivity contribution < 1.29 is 9.18 Å². The lowest BCUT2D eigenvalue weighted by Crippen LogP contribution is -2.49. The predicted octanol–water partition coefficient (Wildman–Crippen LogP) is 3.81. The van der Waals surface area contributed by atoms with Crippen LogP contribution >= 0.6 is 0 Å². The monoisotopic (exact) mass is 392 g/mol. The molecule has 3 aromatic rings. The molecule has 0 saturated carbocycles. The van der Waals surface area contributed by atoms with Crippen LogP contribution in [0.4, 0.5) is 10.1 Å². The van der Waals surface area contributed by atoms with Gasteiger partial charge in [-0.2, -0.15) is 5.10 Å². The molecule has 2 heterocycles. The van der Waals surface area contributed by atoms with E-state index in [0.29, 0.717) is 37.6 Å². The van der Waals surface area contributed by atoms with Crippen molar-refractivity contribution in [2.24, 2.45) is 7.05 Å². The zero-order chi connectivity index (χ0) is 20.5. The summed E-state index contributed by atoms with van der Waals surface area (Å²) in [6, 6.07) is 14.9. The minimum atomic E-state index is -0.227. The first kappa shape index (κ1) is 19.2. The fraction of sp³-hybridized carbons (Fsp3) is 0.304. The number of para-hydroxylation sites is 1. The van der Waals surface area contributed by atoms with Crippen LogP contribution < -0.4 is 4.90 Å².